The van der Waals surface area contributed by atoms with E-state index in [0.29, 0.717) is 5.92 Å². The summed E-state index contributed by atoms with van der Waals surface area (Å²) in [5, 5.41) is 6.62. The Bertz CT molecular complexity index is 689. The number of benzene rings is 1. The lowest BCUT2D eigenvalue weighted by Gasteiger charge is -2.23. The van der Waals surface area contributed by atoms with Gasteiger partial charge in [0.05, 0.1) is 24.4 Å². The number of methoxy groups -OCH3 is 1. The molecule has 1 unspecified atom stereocenters. The van der Waals surface area contributed by atoms with Crippen molar-refractivity contribution in [3.05, 3.63) is 45.9 Å². The summed E-state index contributed by atoms with van der Waals surface area (Å²) in [5.41, 5.74) is 2.27. The lowest BCUT2D eigenvalue weighted by Crippen LogP contribution is -2.40. The maximum Gasteiger partial charge on any atom is 0.193 e. The van der Waals surface area contributed by atoms with Crippen LogP contribution in [0.25, 0.3) is 0 Å². The van der Waals surface area contributed by atoms with Crippen LogP contribution in [0, 0.1) is 6.92 Å². The van der Waals surface area contributed by atoms with Crippen LogP contribution in [0.3, 0.4) is 0 Å². The van der Waals surface area contributed by atoms with Crippen molar-refractivity contribution >= 4 is 41.3 Å². The highest BCUT2D eigenvalue weighted by atomic mass is 127. The highest BCUT2D eigenvalue weighted by Crippen LogP contribution is 2.25. The predicted molar refractivity (Wildman–Crippen MR) is 117 cm³/mol. The fraction of sp³-hybridized carbons (Fsp3) is 0.444. The lowest BCUT2D eigenvalue weighted by molar-refractivity contribution is 0.405. The summed E-state index contributed by atoms with van der Waals surface area (Å²) in [4.78, 5) is 11.0. The third kappa shape index (κ3) is 6.14. The zero-order valence-corrected chi connectivity index (χ0v) is 18.6. The average molecular weight is 474 g/mol. The van der Waals surface area contributed by atoms with E-state index in [1.807, 2.05) is 32.2 Å². The summed E-state index contributed by atoms with van der Waals surface area (Å²) >= 11 is 1.67. The number of guanidine groups is 1. The molecule has 25 heavy (non-hydrogen) atoms. The van der Waals surface area contributed by atoms with Gasteiger partial charge in [0.2, 0.25) is 0 Å². The van der Waals surface area contributed by atoms with E-state index in [9.17, 15) is 0 Å². The number of rotatable bonds is 6. The van der Waals surface area contributed by atoms with Crippen LogP contribution >= 0.6 is 35.3 Å². The molecule has 1 N–H and O–H groups in total. The third-order valence-corrected chi connectivity index (χ3v) is 4.70. The Morgan fingerprint density at radius 3 is 2.72 bits per heavy atom. The van der Waals surface area contributed by atoms with Crippen molar-refractivity contribution < 1.29 is 4.74 Å². The molecule has 1 aromatic heterocycles. The second kappa shape index (κ2) is 10.6. The quantitative estimate of drug-likeness (QED) is 0.392. The molecule has 2 rings (SSSR count). The molecular formula is C18H27IN4OS. The van der Waals surface area contributed by atoms with E-state index >= 15 is 0 Å². The van der Waals surface area contributed by atoms with Gasteiger partial charge in [-0.1, -0.05) is 25.1 Å². The molecule has 5 nitrogen and oxygen atoms in total. The molecule has 0 aliphatic carbocycles. The summed E-state index contributed by atoms with van der Waals surface area (Å²) in [7, 11) is 5.54. The topological polar surface area (TPSA) is 49.8 Å². The first kappa shape index (κ1) is 21.7. The Morgan fingerprint density at radius 2 is 2.12 bits per heavy atom. The number of hydrogen-bond donors (Lipinski definition) is 1. The number of para-hydroxylation sites is 1. The van der Waals surface area contributed by atoms with E-state index in [1.165, 1.54) is 5.56 Å². The monoisotopic (exact) mass is 474 g/mol. The molecule has 0 aliphatic rings. The maximum absolute atomic E-state index is 5.45. The first-order chi connectivity index (χ1) is 11.5. The average Bonchev–Trinajstić information content (AvgIpc) is 2.99. The molecule has 1 atom stereocenters. The SMILES string of the molecule is CN=C(NCC(C)c1ccccc1OC)N(C)Cc1csc(C)n1.I. The lowest BCUT2D eigenvalue weighted by atomic mass is 10.0. The van der Waals surface area contributed by atoms with Crippen molar-refractivity contribution in [2.24, 2.45) is 4.99 Å². The number of aryl methyl sites for hydroxylation is 1. The molecule has 0 saturated heterocycles. The van der Waals surface area contributed by atoms with Gasteiger partial charge in [-0.25, -0.2) is 4.98 Å². The molecule has 0 bridgehead atoms. The second-order valence-electron chi connectivity index (χ2n) is 5.79. The molecule has 2 aromatic rings. The van der Waals surface area contributed by atoms with Crippen molar-refractivity contribution in [3.63, 3.8) is 0 Å². The first-order valence-corrected chi connectivity index (χ1v) is 8.88. The Morgan fingerprint density at radius 1 is 1.40 bits per heavy atom. The van der Waals surface area contributed by atoms with E-state index in [1.54, 1.807) is 25.5 Å². The predicted octanol–water partition coefficient (Wildman–Crippen LogP) is 3.89. The summed E-state index contributed by atoms with van der Waals surface area (Å²) in [6.07, 6.45) is 0. The van der Waals surface area contributed by atoms with Gasteiger partial charge in [-0.05, 0) is 18.6 Å². The summed E-state index contributed by atoms with van der Waals surface area (Å²) in [6.45, 7) is 5.73. The van der Waals surface area contributed by atoms with Crippen LogP contribution in [0.4, 0.5) is 0 Å². The van der Waals surface area contributed by atoms with Crippen molar-refractivity contribution in [3.8, 4) is 5.75 Å². The van der Waals surface area contributed by atoms with Gasteiger partial charge in [0.25, 0.3) is 0 Å². The van der Waals surface area contributed by atoms with Crippen molar-refractivity contribution in [2.75, 3.05) is 27.7 Å². The van der Waals surface area contributed by atoms with Crippen molar-refractivity contribution in [1.29, 1.82) is 0 Å². The Balaban J connectivity index is 0.00000312. The van der Waals surface area contributed by atoms with E-state index in [-0.39, 0.29) is 24.0 Å². The molecule has 138 valence electrons. The molecule has 7 heteroatoms. The van der Waals surface area contributed by atoms with Gasteiger partial charge in [-0.3, -0.25) is 4.99 Å². The van der Waals surface area contributed by atoms with Crippen LogP contribution in [-0.2, 0) is 6.54 Å². The maximum atomic E-state index is 5.45. The van der Waals surface area contributed by atoms with E-state index in [2.05, 4.69) is 38.6 Å². The van der Waals surface area contributed by atoms with Gasteiger partial charge in [0.1, 0.15) is 5.75 Å². The van der Waals surface area contributed by atoms with Gasteiger partial charge in [-0.2, -0.15) is 0 Å². The minimum Gasteiger partial charge on any atom is -0.496 e. The molecule has 0 amide bonds. The minimum atomic E-state index is 0. The highest BCUT2D eigenvalue weighted by Gasteiger charge is 2.13. The number of thiazole rings is 1. The van der Waals surface area contributed by atoms with Gasteiger partial charge >= 0.3 is 0 Å². The van der Waals surface area contributed by atoms with Crippen LogP contribution < -0.4 is 10.1 Å². The summed E-state index contributed by atoms with van der Waals surface area (Å²) < 4.78 is 5.45. The number of halogens is 1. The highest BCUT2D eigenvalue weighted by molar-refractivity contribution is 14.0. The van der Waals surface area contributed by atoms with Crippen LogP contribution in [0.15, 0.2) is 34.6 Å². The number of nitrogens with zero attached hydrogens (tertiary/aromatic N) is 3. The van der Waals surface area contributed by atoms with Crippen LogP contribution in [0.2, 0.25) is 0 Å². The van der Waals surface area contributed by atoms with Gasteiger partial charge in [-0.15, -0.1) is 35.3 Å². The fourth-order valence-corrected chi connectivity index (χ4v) is 3.22. The van der Waals surface area contributed by atoms with Crippen LogP contribution in [0.1, 0.15) is 29.1 Å². The molecular weight excluding hydrogens is 447 g/mol. The number of hydrogen-bond acceptors (Lipinski definition) is 4. The van der Waals surface area contributed by atoms with E-state index < -0.39 is 0 Å². The molecule has 0 aliphatic heterocycles. The Kier molecular flexibility index (Phi) is 9.20. The fourth-order valence-electron chi connectivity index (χ4n) is 2.61. The largest absolute Gasteiger partial charge is 0.496 e. The number of ether oxygens (including phenoxy) is 1. The van der Waals surface area contributed by atoms with Crippen molar-refractivity contribution in [2.45, 2.75) is 26.3 Å². The molecule has 0 radical (unpaired) electrons. The standard InChI is InChI=1S/C18H26N4OS.HI/c1-13(16-8-6-7-9-17(16)23-5)10-20-18(19-3)22(4)11-15-12-24-14(2)21-15;/h6-9,12-13H,10-11H2,1-5H3,(H,19,20);1H. The zero-order chi connectivity index (χ0) is 17.5. The normalized spacial score (nSPS) is 12.3. The summed E-state index contributed by atoms with van der Waals surface area (Å²) in [5.74, 6) is 2.10. The van der Waals surface area contributed by atoms with Crippen LogP contribution in [0.5, 0.6) is 5.75 Å². The van der Waals surface area contributed by atoms with Gasteiger partial charge in [0, 0.05) is 31.9 Å². The van der Waals surface area contributed by atoms with E-state index in [4.69, 9.17) is 4.74 Å². The summed E-state index contributed by atoms with van der Waals surface area (Å²) in [6, 6.07) is 8.14. The molecule has 0 saturated carbocycles. The second-order valence-corrected chi connectivity index (χ2v) is 6.85. The Hall–Kier alpha value is -1.35. The molecule has 0 fully saturated rings. The van der Waals surface area contributed by atoms with Gasteiger partial charge in [0.15, 0.2) is 5.96 Å². The number of nitrogens with one attached hydrogen (secondary N) is 1. The third-order valence-electron chi connectivity index (χ3n) is 3.88. The molecule has 1 aromatic carbocycles. The Labute approximate surface area is 171 Å². The number of aromatic nitrogens is 1. The zero-order valence-electron chi connectivity index (χ0n) is 15.4. The minimum absolute atomic E-state index is 0. The molecule has 0 spiro atoms. The van der Waals surface area contributed by atoms with Crippen LogP contribution in [-0.4, -0.2) is 43.6 Å². The first-order valence-electron chi connectivity index (χ1n) is 8.00. The smallest absolute Gasteiger partial charge is 0.193 e. The van der Waals surface area contributed by atoms with E-state index in [0.717, 1.165) is 35.5 Å². The van der Waals surface area contributed by atoms with Gasteiger partial charge < -0.3 is 15.0 Å². The molecule has 1 heterocycles. The van der Waals surface area contributed by atoms with Crippen molar-refractivity contribution in [1.82, 2.24) is 15.2 Å². The number of aliphatic imine (C=N–C) groups is 1.